The van der Waals surface area contributed by atoms with Crippen LogP contribution in [0, 0.1) is 0 Å². The number of hydrazone groups is 1. The van der Waals surface area contributed by atoms with Crippen molar-refractivity contribution in [3.63, 3.8) is 0 Å². The Morgan fingerprint density at radius 3 is 3.36 bits per heavy atom. The fourth-order valence-electron chi connectivity index (χ4n) is 1.65. The van der Waals surface area contributed by atoms with Crippen LogP contribution in [0.4, 0.5) is 0 Å². The van der Waals surface area contributed by atoms with Crippen LogP contribution in [0.1, 0.15) is 19.8 Å². The lowest BCUT2D eigenvalue weighted by atomic mass is 10.1. The van der Waals surface area contributed by atoms with Crippen molar-refractivity contribution in [2.75, 3.05) is 6.54 Å². The largest absolute Gasteiger partial charge is 0.337 e. The van der Waals surface area contributed by atoms with Crippen LogP contribution in [-0.2, 0) is 0 Å². The van der Waals surface area contributed by atoms with E-state index in [1.165, 1.54) is 0 Å². The molecular weight excluding hydrogens is 140 g/mol. The molecule has 2 aliphatic heterocycles. The van der Waals surface area contributed by atoms with E-state index in [9.17, 15) is 0 Å². The Kier molecular flexibility index (Phi) is 1.49. The number of hydrogen-bond donors (Lipinski definition) is 2. The van der Waals surface area contributed by atoms with Gasteiger partial charge in [-0.15, -0.1) is 0 Å². The van der Waals surface area contributed by atoms with Crippen molar-refractivity contribution in [1.29, 1.82) is 0 Å². The van der Waals surface area contributed by atoms with Crippen molar-refractivity contribution in [3.05, 3.63) is 0 Å². The van der Waals surface area contributed by atoms with Crippen molar-refractivity contribution in [3.8, 4) is 0 Å². The van der Waals surface area contributed by atoms with Gasteiger partial charge in [0.1, 0.15) is 12.0 Å². The summed E-state index contributed by atoms with van der Waals surface area (Å²) in [5.74, 6) is 1.14. The molecule has 1 fully saturated rings. The van der Waals surface area contributed by atoms with E-state index >= 15 is 0 Å². The van der Waals surface area contributed by atoms with E-state index < -0.39 is 0 Å². The summed E-state index contributed by atoms with van der Waals surface area (Å²) >= 11 is 0. The van der Waals surface area contributed by atoms with Gasteiger partial charge in [0.25, 0.3) is 0 Å². The second-order valence-corrected chi connectivity index (χ2v) is 3.28. The summed E-state index contributed by atoms with van der Waals surface area (Å²) in [5.41, 5.74) is 8.84. The third-order valence-corrected chi connectivity index (χ3v) is 2.37. The highest BCUT2D eigenvalue weighted by molar-refractivity contribution is 5.84. The van der Waals surface area contributed by atoms with Crippen LogP contribution >= 0.6 is 0 Å². The van der Waals surface area contributed by atoms with Gasteiger partial charge < -0.3 is 10.6 Å². The topological polar surface area (TPSA) is 53.6 Å². The molecule has 62 valence electrons. The van der Waals surface area contributed by atoms with Crippen LogP contribution in [-0.4, -0.2) is 29.5 Å². The van der Waals surface area contributed by atoms with Gasteiger partial charge in [-0.3, -0.25) is 5.43 Å². The van der Waals surface area contributed by atoms with Crippen molar-refractivity contribution in [1.82, 2.24) is 10.3 Å². The van der Waals surface area contributed by atoms with E-state index in [0.29, 0.717) is 12.2 Å². The number of nitrogens with one attached hydrogen (secondary N) is 1. The summed E-state index contributed by atoms with van der Waals surface area (Å²) < 4.78 is 0. The molecule has 2 atom stereocenters. The highest BCUT2D eigenvalue weighted by Crippen LogP contribution is 2.16. The summed E-state index contributed by atoms with van der Waals surface area (Å²) in [5, 5.41) is 4.20. The first-order valence-corrected chi connectivity index (χ1v) is 4.11. The minimum absolute atomic E-state index is 0.317. The molecule has 0 radical (unpaired) electrons. The number of nitrogens with two attached hydrogens (primary N) is 1. The van der Waals surface area contributed by atoms with Crippen molar-refractivity contribution >= 4 is 5.84 Å². The lowest BCUT2D eigenvalue weighted by molar-refractivity contribution is 0.286. The highest BCUT2D eigenvalue weighted by Gasteiger charge is 2.29. The molecule has 3 N–H and O–H groups in total. The van der Waals surface area contributed by atoms with Crippen LogP contribution in [0.15, 0.2) is 5.10 Å². The fraction of sp³-hybridized carbons (Fsp3) is 0.857. The molecule has 0 aromatic heterocycles. The van der Waals surface area contributed by atoms with Gasteiger partial charge in [0.2, 0.25) is 0 Å². The smallest absolute Gasteiger partial charge is 0.128 e. The van der Waals surface area contributed by atoms with Crippen LogP contribution in [0.5, 0.6) is 0 Å². The molecule has 4 nitrogen and oxygen atoms in total. The Balaban J connectivity index is 2.09. The molecule has 1 saturated heterocycles. The molecular formula is C7H14N4. The molecule has 11 heavy (non-hydrogen) atoms. The van der Waals surface area contributed by atoms with E-state index in [-0.39, 0.29) is 0 Å². The molecule has 0 saturated carbocycles. The highest BCUT2D eigenvalue weighted by atomic mass is 15.5. The van der Waals surface area contributed by atoms with Gasteiger partial charge in [-0.1, -0.05) is 0 Å². The predicted molar refractivity (Wildman–Crippen MR) is 43.9 cm³/mol. The van der Waals surface area contributed by atoms with Crippen LogP contribution in [0.2, 0.25) is 0 Å². The lowest BCUT2D eigenvalue weighted by Gasteiger charge is -2.31. The molecule has 2 aliphatic rings. The lowest BCUT2D eigenvalue weighted by Crippen LogP contribution is -2.46. The first kappa shape index (κ1) is 6.91. The number of piperidine rings is 1. The van der Waals surface area contributed by atoms with E-state index in [2.05, 4.69) is 22.4 Å². The molecule has 2 heterocycles. The second-order valence-electron chi connectivity index (χ2n) is 3.28. The van der Waals surface area contributed by atoms with Crippen LogP contribution in [0.3, 0.4) is 0 Å². The maximum absolute atomic E-state index is 5.80. The molecule has 2 unspecified atom stereocenters. The summed E-state index contributed by atoms with van der Waals surface area (Å²) in [6.45, 7) is 3.17. The van der Waals surface area contributed by atoms with Crippen LogP contribution < -0.4 is 11.2 Å². The molecule has 0 bridgehead atoms. The fourth-order valence-corrected chi connectivity index (χ4v) is 1.65. The van der Waals surface area contributed by atoms with Crippen molar-refractivity contribution < 1.29 is 0 Å². The zero-order chi connectivity index (χ0) is 7.84. The van der Waals surface area contributed by atoms with E-state index in [0.717, 1.165) is 25.2 Å². The normalized spacial score (nSPS) is 36.2. The van der Waals surface area contributed by atoms with Crippen molar-refractivity contribution in [2.24, 2.45) is 10.8 Å². The van der Waals surface area contributed by atoms with Gasteiger partial charge in [-0.25, -0.2) is 0 Å². The molecule has 0 spiro atoms. The maximum Gasteiger partial charge on any atom is 0.128 e. The summed E-state index contributed by atoms with van der Waals surface area (Å²) in [6.07, 6.45) is 2.39. The van der Waals surface area contributed by atoms with Gasteiger partial charge in [-0.05, 0) is 13.3 Å². The number of fused-ring (bicyclic) bond motifs is 1. The van der Waals surface area contributed by atoms with E-state index in [1.54, 1.807) is 0 Å². The van der Waals surface area contributed by atoms with Crippen molar-refractivity contribution in [2.45, 2.75) is 32.0 Å². The Morgan fingerprint density at radius 2 is 2.55 bits per heavy atom. The molecule has 0 aliphatic carbocycles. The van der Waals surface area contributed by atoms with Gasteiger partial charge in [-0.2, -0.15) is 5.10 Å². The first-order valence-electron chi connectivity index (χ1n) is 4.11. The van der Waals surface area contributed by atoms with Crippen LogP contribution in [0.25, 0.3) is 0 Å². The number of hydrogen-bond acceptors (Lipinski definition) is 4. The molecule has 0 amide bonds. The van der Waals surface area contributed by atoms with Gasteiger partial charge in [0, 0.05) is 19.0 Å². The SMILES string of the molecule is CC1NN=C2CC(N)CCN21. The summed E-state index contributed by atoms with van der Waals surface area (Å²) in [4.78, 5) is 2.28. The Hall–Kier alpha value is -0.770. The van der Waals surface area contributed by atoms with Gasteiger partial charge in [0.15, 0.2) is 0 Å². The molecule has 0 aromatic carbocycles. The maximum atomic E-state index is 5.80. The number of amidine groups is 1. The quantitative estimate of drug-likeness (QED) is 0.502. The molecule has 2 rings (SSSR count). The standard InChI is InChI=1S/C7H14N4/c1-5-9-10-7-4-6(8)2-3-11(5)7/h5-6,9H,2-4,8H2,1H3. The van der Waals surface area contributed by atoms with E-state index in [4.69, 9.17) is 5.73 Å². The Morgan fingerprint density at radius 1 is 1.73 bits per heavy atom. The zero-order valence-electron chi connectivity index (χ0n) is 6.75. The third-order valence-electron chi connectivity index (χ3n) is 2.37. The first-order chi connectivity index (χ1) is 5.27. The van der Waals surface area contributed by atoms with Gasteiger partial charge >= 0.3 is 0 Å². The summed E-state index contributed by atoms with van der Waals surface area (Å²) in [6, 6.07) is 0.317. The third kappa shape index (κ3) is 1.07. The zero-order valence-corrected chi connectivity index (χ0v) is 6.75. The number of rotatable bonds is 0. The Bertz CT molecular complexity index is 189. The molecule has 0 aromatic rings. The number of nitrogens with zero attached hydrogens (tertiary/aromatic N) is 2. The minimum Gasteiger partial charge on any atom is -0.337 e. The second kappa shape index (κ2) is 2.37. The average molecular weight is 154 g/mol. The van der Waals surface area contributed by atoms with E-state index in [1.807, 2.05) is 0 Å². The minimum atomic E-state index is 0.317. The predicted octanol–water partition coefficient (Wildman–Crippen LogP) is -0.328. The van der Waals surface area contributed by atoms with Gasteiger partial charge in [0.05, 0.1) is 0 Å². The monoisotopic (exact) mass is 154 g/mol. The Labute approximate surface area is 66.4 Å². The summed E-state index contributed by atoms with van der Waals surface area (Å²) in [7, 11) is 0. The average Bonchev–Trinajstić information content (AvgIpc) is 2.32. The molecule has 4 heteroatoms.